The molecule has 5 rings (SSSR count). The van der Waals surface area contributed by atoms with Crippen LogP contribution in [-0.2, 0) is 17.6 Å². The molecule has 0 aliphatic heterocycles. The molecular weight excluding hydrogens is 402 g/mol. The molecule has 2 aliphatic rings. The van der Waals surface area contributed by atoms with Crippen LogP contribution < -0.4 is 5.56 Å². The van der Waals surface area contributed by atoms with Crippen molar-refractivity contribution in [2.24, 2.45) is 0 Å². The van der Waals surface area contributed by atoms with Crippen molar-refractivity contribution in [3.8, 4) is 5.69 Å². The molecule has 1 fully saturated rings. The molecule has 2 aromatic heterocycles. The monoisotopic (exact) mass is 425 g/mol. The number of carbonyl (C=O) groups excluding carboxylic acids is 1. The molecule has 0 saturated heterocycles. The zero-order chi connectivity index (χ0) is 20.1. The fourth-order valence-electron chi connectivity index (χ4n) is 3.94. The predicted octanol–water partition coefficient (Wildman–Crippen LogP) is 3.96. The van der Waals surface area contributed by atoms with E-state index in [0.29, 0.717) is 17.0 Å². The van der Waals surface area contributed by atoms with Gasteiger partial charge in [0.1, 0.15) is 4.83 Å². The van der Waals surface area contributed by atoms with Crippen molar-refractivity contribution < 1.29 is 4.79 Å². The summed E-state index contributed by atoms with van der Waals surface area (Å²) in [6.45, 7) is 2.03. The summed E-state index contributed by atoms with van der Waals surface area (Å²) in [5.74, 6) is 0.387. The molecular formula is C22H23N3O2S2. The predicted molar refractivity (Wildman–Crippen MR) is 118 cm³/mol. The van der Waals surface area contributed by atoms with Crippen molar-refractivity contribution in [1.29, 1.82) is 0 Å². The number of hydrogen-bond donors (Lipinski definition) is 0. The number of thiophene rings is 1. The molecule has 0 spiro atoms. The van der Waals surface area contributed by atoms with Crippen molar-refractivity contribution >= 4 is 39.2 Å². The van der Waals surface area contributed by atoms with Gasteiger partial charge in [-0.15, -0.1) is 11.3 Å². The summed E-state index contributed by atoms with van der Waals surface area (Å²) in [5, 5.41) is 1.37. The first-order chi connectivity index (χ1) is 14.0. The van der Waals surface area contributed by atoms with Gasteiger partial charge in [0.05, 0.1) is 16.8 Å². The lowest BCUT2D eigenvalue weighted by molar-refractivity contribution is -0.127. The average Bonchev–Trinajstić information content (AvgIpc) is 3.36. The number of rotatable bonds is 5. The van der Waals surface area contributed by atoms with E-state index in [9.17, 15) is 9.59 Å². The second-order valence-corrected chi connectivity index (χ2v) is 9.96. The number of aromatic nitrogens is 2. The number of amides is 1. The van der Waals surface area contributed by atoms with Crippen LogP contribution in [0.25, 0.3) is 15.9 Å². The Bertz CT molecular complexity index is 1160. The van der Waals surface area contributed by atoms with Gasteiger partial charge in [-0.1, -0.05) is 29.5 Å². The molecule has 5 nitrogen and oxygen atoms in total. The highest BCUT2D eigenvalue weighted by Crippen LogP contribution is 2.36. The lowest BCUT2D eigenvalue weighted by atomic mass is 10.2. The van der Waals surface area contributed by atoms with Crippen LogP contribution in [0, 0.1) is 6.92 Å². The van der Waals surface area contributed by atoms with Crippen LogP contribution in [0.5, 0.6) is 0 Å². The number of hydrogen-bond acceptors (Lipinski definition) is 5. The van der Waals surface area contributed by atoms with Crippen molar-refractivity contribution in [3.05, 3.63) is 50.6 Å². The standard InChI is InChI=1S/C22H23N3O2S2/c1-13-6-8-15(9-7-13)25-21(27)19-16-4-3-5-17(16)29-20(19)23-22(25)28-12-18(26)24(2)14-10-11-14/h6-9,14H,3-5,10-12H2,1-2H3. The Morgan fingerprint density at radius 2 is 2.03 bits per heavy atom. The van der Waals surface area contributed by atoms with Gasteiger partial charge >= 0.3 is 0 Å². The minimum absolute atomic E-state index is 0.0104. The van der Waals surface area contributed by atoms with Crippen LogP contribution in [0.4, 0.5) is 0 Å². The summed E-state index contributed by atoms with van der Waals surface area (Å²) < 4.78 is 1.70. The van der Waals surface area contributed by atoms with Crippen molar-refractivity contribution in [3.63, 3.8) is 0 Å². The van der Waals surface area contributed by atoms with E-state index < -0.39 is 0 Å². The van der Waals surface area contributed by atoms with Crippen LogP contribution in [0.1, 0.15) is 35.3 Å². The molecule has 29 heavy (non-hydrogen) atoms. The van der Waals surface area contributed by atoms with Gasteiger partial charge in [0.25, 0.3) is 5.56 Å². The third-order valence-corrected chi connectivity index (χ3v) is 7.92. The van der Waals surface area contributed by atoms with Gasteiger partial charge in [-0.25, -0.2) is 4.98 Å². The van der Waals surface area contributed by atoms with E-state index in [1.165, 1.54) is 22.2 Å². The molecule has 1 aromatic carbocycles. The van der Waals surface area contributed by atoms with Crippen LogP contribution in [-0.4, -0.2) is 39.2 Å². The van der Waals surface area contributed by atoms with Crippen LogP contribution in [0.2, 0.25) is 0 Å². The van der Waals surface area contributed by atoms with E-state index >= 15 is 0 Å². The molecule has 1 saturated carbocycles. The van der Waals surface area contributed by atoms with Gasteiger partial charge in [0, 0.05) is 18.0 Å². The fourth-order valence-corrected chi connectivity index (χ4v) is 6.18. The Morgan fingerprint density at radius 1 is 1.28 bits per heavy atom. The van der Waals surface area contributed by atoms with Crippen LogP contribution in [0.15, 0.2) is 34.2 Å². The van der Waals surface area contributed by atoms with E-state index in [1.54, 1.807) is 15.9 Å². The van der Waals surface area contributed by atoms with Gasteiger partial charge < -0.3 is 4.90 Å². The first kappa shape index (κ1) is 18.9. The highest BCUT2D eigenvalue weighted by atomic mass is 32.2. The molecule has 0 unspecified atom stereocenters. The smallest absolute Gasteiger partial charge is 0.267 e. The molecule has 1 amide bonds. The normalized spacial score (nSPS) is 15.7. The molecule has 150 valence electrons. The third kappa shape index (κ3) is 3.40. The first-order valence-electron chi connectivity index (χ1n) is 10.1. The number of thioether (sulfide) groups is 1. The Hall–Kier alpha value is -2.12. The molecule has 2 aliphatic carbocycles. The summed E-state index contributed by atoms with van der Waals surface area (Å²) in [6, 6.07) is 8.31. The van der Waals surface area contributed by atoms with Crippen molar-refractivity contribution in [2.75, 3.05) is 12.8 Å². The van der Waals surface area contributed by atoms with E-state index in [-0.39, 0.29) is 11.5 Å². The first-order valence-corrected chi connectivity index (χ1v) is 11.9. The van der Waals surface area contributed by atoms with Crippen LogP contribution in [0.3, 0.4) is 0 Å². The van der Waals surface area contributed by atoms with E-state index in [4.69, 9.17) is 4.98 Å². The SMILES string of the molecule is Cc1ccc(-n2c(SCC(=O)N(C)C3CC3)nc3sc4c(c3c2=O)CCC4)cc1. The van der Waals surface area contributed by atoms with E-state index in [0.717, 1.165) is 53.6 Å². The fraction of sp³-hybridized carbons (Fsp3) is 0.409. The number of nitrogens with zero attached hydrogens (tertiary/aromatic N) is 3. The Labute approximate surface area is 177 Å². The summed E-state index contributed by atoms with van der Waals surface area (Å²) in [6.07, 6.45) is 5.28. The quantitative estimate of drug-likeness (QED) is 0.459. The molecule has 0 bridgehead atoms. The van der Waals surface area contributed by atoms with Gasteiger partial charge in [-0.3, -0.25) is 14.2 Å². The Kier molecular flexibility index (Phi) is 4.75. The maximum atomic E-state index is 13.6. The second kappa shape index (κ2) is 7.29. The molecule has 2 heterocycles. The summed E-state index contributed by atoms with van der Waals surface area (Å²) in [7, 11) is 1.87. The molecule has 0 atom stereocenters. The zero-order valence-corrected chi connectivity index (χ0v) is 18.2. The highest BCUT2D eigenvalue weighted by molar-refractivity contribution is 7.99. The number of aryl methyl sites for hydroxylation is 3. The average molecular weight is 426 g/mol. The van der Waals surface area contributed by atoms with E-state index in [2.05, 4.69) is 0 Å². The lowest BCUT2D eigenvalue weighted by Gasteiger charge is -2.17. The third-order valence-electron chi connectivity index (χ3n) is 5.81. The molecule has 3 aromatic rings. The van der Waals surface area contributed by atoms with Crippen LogP contribution >= 0.6 is 23.1 Å². The number of benzene rings is 1. The van der Waals surface area contributed by atoms with Gasteiger partial charge in [0.15, 0.2) is 5.16 Å². The topological polar surface area (TPSA) is 55.2 Å². The Morgan fingerprint density at radius 3 is 2.76 bits per heavy atom. The minimum atomic E-state index is -0.0104. The van der Waals surface area contributed by atoms with E-state index in [1.807, 2.05) is 43.1 Å². The van der Waals surface area contributed by atoms with Gasteiger partial charge in [0.2, 0.25) is 5.91 Å². The summed E-state index contributed by atoms with van der Waals surface area (Å²) >= 11 is 3.01. The summed E-state index contributed by atoms with van der Waals surface area (Å²) in [4.78, 5) is 34.9. The number of carbonyl (C=O) groups is 1. The zero-order valence-electron chi connectivity index (χ0n) is 16.6. The maximum Gasteiger partial charge on any atom is 0.267 e. The Balaban J connectivity index is 1.59. The summed E-state index contributed by atoms with van der Waals surface area (Å²) in [5.41, 5.74) is 3.12. The highest BCUT2D eigenvalue weighted by Gasteiger charge is 2.30. The molecule has 0 radical (unpaired) electrons. The second-order valence-electron chi connectivity index (χ2n) is 7.93. The van der Waals surface area contributed by atoms with Gasteiger partial charge in [-0.05, 0) is 56.7 Å². The maximum absolute atomic E-state index is 13.6. The minimum Gasteiger partial charge on any atom is -0.342 e. The van der Waals surface area contributed by atoms with Crippen molar-refractivity contribution in [1.82, 2.24) is 14.5 Å². The largest absolute Gasteiger partial charge is 0.342 e. The lowest BCUT2D eigenvalue weighted by Crippen LogP contribution is -2.30. The molecule has 0 N–H and O–H groups in total. The number of fused-ring (bicyclic) bond motifs is 3. The van der Waals surface area contributed by atoms with Crippen molar-refractivity contribution in [2.45, 2.75) is 50.2 Å². The molecule has 7 heteroatoms. The van der Waals surface area contributed by atoms with Gasteiger partial charge in [-0.2, -0.15) is 0 Å².